The minimum absolute atomic E-state index is 0.162. The molecule has 0 N–H and O–H groups in total. The molecule has 1 heteroatoms. The topological polar surface area (TPSA) is 17.1 Å². The number of fused-ring (bicyclic) bond motifs is 1. The van der Waals surface area contributed by atoms with Gasteiger partial charge in [-0.25, -0.2) is 0 Å². The third kappa shape index (κ3) is 3.34. The molecule has 0 bridgehead atoms. The molecule has 1 atom stereocenters. The monoisotopic (exact) mass is 276 g/mol. The van der Waals surface area contributed by atoms with Crippen molar-refractivity contribution in [3.63, 3.8) is 0 Å². The van der Waals surface area contributed by atoms with E-state index in [1.54, 1.807) is 0 Å². The van der Waals surface area contributed by atoms with E-state index in [-0.39, 0.29) is 5.92 Å². The molecule has 1 aliphatic rings. The van der Waals surface area contributed by atoms with Crippen LogP contribution >= 0.6 is 0 Å². The highest BCUT2D eigenvalue weighted by Crippen LogP contribution is 2.22. The summed E-state index contributed by atoms with van der Waals surface area (Å²) >= 11 is 0. The van der Waals surface area contributed by atoms with E-state index in [1.807, 2.05) is 18.2 Å². The Morgan fingerprint density at radius 3 is 2.81 bits per heavy atom. The van der Waals surface area contributed by atoms with Crippen LogP contribution < -0.4 is 0 Å². The average molecular weight is 276 g/mol. The second-order valence-corrected chi connectivity index (χ2v) is 5.80. The largest absolute Gasteiger partial charge is 0.299 e. The molecule has 0 heterocycles. The molecule has 0 amide bonds. The van der Waals surface area contributed by atoms with Gasteiger partial charge in [-0.1, -0.05) is 61.1 Å². The molecule has 2 aromatic rings. The molecule has 0 aliphatic heterocycles. The summed E-state index contributed by atoms with van der Waals surface area (Å²) in [5.41, 5.74) is 1.06. The number of rotatable bonds is 1. The van der Waals surface area contributed by atoms with Gasteiger partial charge in [-0.3, -0.25) is 4.79 Å². The molecule has 1 fully saturated rings. The van der Waals surface area contributed by atoms with Crippen LogP contribution in [0.5, 0.6) is 0 Å². The van der Waals surface area contributed by atoms with Gasteiger partial charge < -0.3 is 0 Å². The normalized spacial score (nSPS) is 18.9. The summed E-state index contributed by atoms with van der Waals surface area (Å²) in [6.45, 7) is 0. The minimum atomic E-state index is 0.162. The summed E-state index contributed by atoms with van der Waals surface area (Å²) in [7, 11) is 0. The van der Waals surface area contributed by atoms with Crippen molar-refractivity contribution in [1.82, 2.24) is 0 Å². The highest BCUT2D eigenvalue weighted by molar-refractivity contribution is 5.88. The number of ketones is 1. The van der Waals surface area contributed by atoms with Crippen molar-refractivity contribution in [1.29, 1.82) is 0 Å². The Kier molecular flexibility index (Phi) is 4.36. The summed E-state index contributed by atoms with van der Waals surface area (Å²) in [5, 5.41) is 2.41. The molecule has 0 spiro atoms. The number of benzene rings is 2. The van der Waals surface area contributed by atoms with Crippen LogP contribution in [-0.4, -0.2) is 5.78 Å². The third-order valence-corrected chi connectivity index (χ3v) is 4.29. The van der Waals surface area contributed by atoms with E-state index < -0.39 is 0 Å². The zero-order chi connectivity index (χ0) is 14.5. The van der Waals surface area contributed by atoms with E-state index >= 15 is 0 Å². The maximum absolute atomic E-state index is 12.0. The molecule has 106 valence electrons. The predicted octanol–water partition coefficient (Wildman–Crippen LogP) is 4.73. The van der Waals surface area contributed by atoms with Crippen LogP contribution in [0.3, 0.4) is 0 Å². The lowest BCUT2D eigenvalue weighted by Gasteiger charge is -2.07. The van der Waals surface area contributed by atoms with E-state index in [0.717, 1.165) is 24.8 Å². The van der Waals surface area contributed by atoms with Gasteiger partial charge in [-0.2, -0.15) is 0 Å². The molecule has 0 saturated heterocycles. The first-order valence-corrected chi connectivity index (χ1v) is 7.84. The van der Waals surface area contributed by atoms with E-state index in [0.29, 0.717) is 12.2 Å². The molecular weight excluding hydrogens is 256 g/mol. The molecule has 21 heavy (non-hydrogen) atoms. The number of hydrogen-bond donors (Lipinski definition) is 0. The first-order chi connectivity index (χ1) is 10.3. The van der Waals surface area contributed by atoms with Gasteiger partial charge in [0.1, 0.15) is 5.78 Å². The third-order valence-electron chi connectivity index (χ3n) is 4.29. The molecular formula is C20H20O. The first kappa shape index (κ1) is 13.9. The first-order valence-electron chi connectivity index (χ1n) is 7.84. The fraction of sp³-hybridized carbons (Fsp3) is 0.350. The average Bonchev–Trinajstić information content (AvgIpc) is 2.72. The number of Topliss-reactive ketones (excluding diaryl/α,β-unsaturated/α-hetero) is 1. The Morgan fingerprint density at radius 1 is 1.00 bits per heavy atom. The SMILES string of the molecule is O=C1CCCCCC1CC#Cc1cccc2ccccc12. The molecule has 3 rings (SSSR count). The van der Waals surface area contributed by atoms with E-state index in [4.69, 9.17) is 0 Å². The quantitative estimate of drug-likeness (QED) is 0.543. The van der Waals surface area contributed by atoms with Crippen LogP contribution in [0.1, 0.15) is 44.1 Å². The van der Waals surface area contributed by atoms with Crippen molar-refractivity contribution < 1.29 is 4.79 Å². The fourth-order valence-corrected chi connectivity index (χ4v) is 3.05. The molecule has 1 nitrogen and oxygen atoms in total. The van der Waals surface area contributed by atoms with Crippen LogP contribution in [0.15, 0.2) is 42.5 Å². The van der Waals surface area contributed by atoms with Crippen molar-refractivity contribution in [3.8, 4) is 11.8 Å². The van der Waals surface area contributed by atoms with Crippen LogP contribution in [0.25, 0.3) is 10.8 Å². The number of carbonyl (C=O) groups is 1. The summed E-state index contributed by atoms with van der Waals surface area (Å²) in [6, 6.07) is 14.5. The summed E-state index contributed by atoms with van der Waals surface area (Å²) in [5.74, 6) is 7.10. The van der Waals surface area contributed by atoms with Gasteiger partial charge in [-0.05, 0) is 29.7 Å². The van der Waals surface area contributed by atoms with Crippen LogP contribution in [0.4, 0.5) is 0 Å². The van der Waals surface area contributed by atoms with Crippen LogP contribution in [0.2, 0.25) is 0 Å². The van der Waals surface area contributed by atoms with E-state index in [2.05, 4.69) is 36.1 Å². The van der Waals surface area contributed by atoms with Gasteiger partial charge in [0.25, 0.3) is 0 Å². The Hall–Kier alpha value is -2.07. The van der Waals surface area contributed by atoms with Crippen LogP contribution in [0, 0.1) is 17.8 Å². The predicted molar refractivity (Wildman–Crippen MR) is 87.0 cm³/mol. The maximum Gasteiger partial charge on any atom is 0.136 e. The van der Waals surface area contributed by atoms with Crippen molar-refractivity contribution in [2.75, 3.05) is 0 Å². The van der Waals surface area contributed by atoms with Crippen molar-refractivity contribution in [3.05, 3.63) is 48.0 Å². The molecule has 0 radical (unpaired) electrons. The summed E-state index contributed by atoms with van der Waals surface area (Å²) < 4.78 is 0. The van der Waals surface area contributed by atoms with Gasteiger partial charge >= 0.3 is 0 Å². The summed E-state index contributed by atoms with van der Waals surface area (Å²) in [6.07, 6.45) is 5.91. The lowest BCUT2D eigenvalue weighted by atomic mass is 9.95. The van der Waals surface area contributed by atoms with E-state index in [9.17, 15) is 4.79 Å². The molecule has 1 aliphatic carbocycles. The molecule has 0 aromatic heterocycles. The van der Waals surface area contributed by atoms with Crippen molar-refractivity contribution in [2.45, 2.75) is 38.5 Å². The second kappa shape index (κ2) is 6.59. The van der Waals surface area contributed by atoms with Crippen LogP contribution in [-0.2, 0) is 4.79 Å². The highest BCUT2D eigenvalue weighted by Gasteiger charge is 2.19. The number of hydrogen-bond acceptors (Lipinski definition) is 1. The zero-order valence-corrected chi connectivity index (χ0v) is 12.3. The summed E-state index contributed by atoms with van der Waals surface area (Å²) in [4.78, 5) is 12.0. The standard InChI is InChI=1S/C20H20O/c21-20-15-3-1-2-9-18(20)13-7-12-17-11-6-10-16-8-4-5-14-19(16)17/h4-6,8,10-11,14,18H,1-3,9,13,15H2. The Morgan fingerprint density at radius 2 is 1.86 bits per heavy atom. The lowest BCUT2D eigenvalue weighted by Crippen LogP contribution is -2.11. The Labute approximate surface area is 126 Å². The van der Waals surface area contributed by atoms with E-state index in [1.165, 1.54) is 23.6 Å². The van der Waals surface area contributed by atoms with Crippen molar-refractivity contribution in [2.24, 2.45) is 5.92 Å². The fourth-order valence-electron chi connectivity index (χ4n) is 3.05. The highest BCUT2D eigenvalue weighted by atomic mass is 16.1. The van der Waals surface area contributed by atoms with Gasteiger partial charge in [0.2, 0.25) is 0 Å². The second-order valence-electron chi connectivity index (χ2n) is 5.80. The van der Waals surface area contributed by atoms with Crippen molar-refractivity contribution >= 4 is 16.6 Å². The Balaban J connectivity index is 1.78. The van der Waals surface area contributed by atoms with Gasteiger partial charge in [0.05, 0.1) is 0 Å². The number of carbonyl (C=O) groups excluding carboxylic acids is 1. The Bertz CT molecular complexity index is 697. The minimum Gasteiger partial charge on any atom is -0.299 e. The zero-order valence-electron chi connectivity index (χ0n) is 12.3. The van der Waals surface area contributed by atoms with Gasteiger partial charge in [-0.15, -0.1) is 0 Å². The smallest absolute Gasteiger partial charge is 0.136 e. The molecule has 2 aromatic carbocycles. The van der Waals surface area contributed by atoms with Gasteiger partial charge in [0.15, 0.2) is 0 Å². The molecule has 1 unspecified atom stereocenters. The van der Waals surface area contributed by atoms with Gasteiger partial charge in [0, 0.05) is 24.3 Å². The molecule has 1 saturated carbocycles. The maximum atomic E-state index is 12.0. The lowest BCUT2D eigenvalue weighted by molar-refractivity contribution is -0.122.